The average Bonchev–Trinajstić information content (AvgIpc) is 2.47. The lowest BCUT2D eigenvalue weighted by Gasteiger charge is -2.31. The van der Waals surface area contributed by atoms with E-state index in [1.807, 2.05) is 0 Å². The van der Waals surface area contributed by atoms with E-state index in [1.54, 1.807) is 0 Å². The van der Waals surface area contributed by atoms with E-state index in [0.717, 1.165) is 19.3 Å². The monoisotopic (exact) mass is 238 g/mol. The Bertz CT molecular complexity index is 301. The first-order chi connectivity index (χ1) is 6.54. The average molecular weight is 239 g/mol. The summed E-state index contributed by atoms with van der Waals surface area (Å²) in [5.41, 5.74) is 0. The molecule has 5 heteroatoms. The van der Waals surface area contributed by atoms with Crippen molar-refractivity contribution in [2.24, 2.45) is 5.92 Å². The normalized spacial score (nSPS) is 38.2. The molecule has 2 rings (SSSR count). The van der Waals surface area contributed by atoms with Crippen LogP contribution in [0.1, 0.15) is 32.1 Å². The number of halogens is 1. The maximum atomic E-state index is 10.9. The van der Waals surface area contributed by atoms with Crippen molar-refractivity contribution in [3.05, 3.63) is 0 Å². The quantitative estimate of drug-likeness (QED) is 0.691. The van der Waals surface area contributed by atoms with Crippen LogP contribution < -0.4 is 0 Å². The summed E-state index contributed by atoms with van der Waals surface area (Å²) in [6.07, 6.45) is 5.61. The summed E-state index contributed by atoms with van der Waals surface area (Å²) in [5, 5.41) is 0. The Morgan fingerprint density at radius 3 is 2.71 bits per heavy atom. The summed E-state index contributed by atoms with van der Waals surface area (Å²) in [5.74, 6) is 0.641. The fraction of sp³-hybridized carbons (Fsp3) is 1.00. The van der Waals surface area contributed by atoms with Gasteiger partial charge in [0.25, 0.3) is 0 Å². The fourth-order valence-electron chi connectivity index (χ4n) is 2.57. The lowest BCUT2D eigenvalue weighted by Crippen LogP contribution is -2.35. The fourth-order valence-corrected chi connectivity index (χ4v) is 3.68. The molecule has 0 aromatic rings. The van der Waals surface area contributed by atoms with E-state index in [-0.39, 0.29) is 11.9 Å². The molecule has 0 amide bonds. The summed E-state index contributed by atoms with van der Waals surface area (Å²) in [4.78, 5) is 0. The van der Waals surface area contributed by atoms with Gasteiger partial charge in [0.1, 0.15) is 0 Å². The molecular formula is C9H15ClO3S. The van der Waals surface area contributed by atoms with Gasteiger partial charge >= 0.3 is 0 Å². The minimum absolute atomic E-state index is 0.0300. The van der Waals surface area contributed by atoms with Crippen molar-refractivity contribution in [3.8, 4) is 0 Å². The molecule has 0 radical (unpaired) electrons. The first-order valence-electron chi connectivity index (χ1n) is 5.12. The van der Waals surface area contributed by atoms with Gasteiger partial charge in [0, 0.05) is 10.7 Å². The van der Waals surface area contributed by atoms with Crippen molar-refractivity contribution in [1.82, 2.24) is 0 Å². The van der Waals surface area contributed by atoms with E-state index < -0.39 is 9.05 Å². The van der Waals surface area contributed by atoms with Gasteiger partial charge in [-0.3, -0.25) is 0 Å². The van der Waals surface area contributed by atoms with Gasteiger partial charge in [-0.25, -0.2) is 8.42 Å². The lowest BCUT2D eigenvalue weighted by molar-refractivity contribution is -0.0588. The van der Waals surface area contributed by atoms with Crippen molar-refractivity contribution in [1.29, 1.82) is 0 Å². The van der Waals surface area contributed by atoms with Gasteiger partial charge < -0.3 is 4.74 Å². The number of ether oxygens (including phenoxy) is 1. The zero-order chi connectivity index (χ0) is 10.2. The van der Waals surface area contributed by atoms with Gasteiger partial charge in [0.2, 0.25) is 9.05 Å². The second kappa shape index (κ2) is 3.99. The summed E-state index contributed by atoms with van der Waals surface area (Å²) in [6, 6.07) is 0. The molecular weight excluding hydrogens is 224 g/mol. The van der Waals surface area contributed by atoms with Crippen LogP contribution in [0.25, 0.3) is 0 Å². The van der Waals surface area contributed by atoms with Gasteiger partial charge in [0.15, 0.2) is 0 Å². The second-order valence-corrected chi connectivity index (χ2v) is 7.09. The van der Waals surface area contributed by atoms with E-state index in [1.165, 1.54) is 12.8 Å². The summed E-state index contributed by atoms with van der Waals surface area (Å²) in [7, 11) is 1.80. The van der Waals surface area contributed by atoms with E-state index >= 15 is 0 Å². The molecule has 0 bridgehead atoms. The molecule has 14 heavy (non-hydrogen) atoms. The molecule has 1 aliphatic carbocycles. The Labute approximate surface area is 89.2 Å². The SMILES string of the molecule is O=S(=O)(Cl)CC1CCC2CCCC2O1. The molecule has 1 saturated heterocycles. The standard InChI is InChI=1S/C9H15ClO3S/c10-14(11,12)6-8-5-4-7-2-1-3-9(7)13-8/h7-9H,1-6H2. The predicted molar refractivity (Wildman–Crippen MR) is 54.9 cm³/mol. The zero-order valence-corrected chi connectivity index (χ0v) is 9.56. The summed E-state index contributed by atoms with van der Waals surface area (Å²) >= 11 is 0. The zero-order valence-electron chi connectivity index (χ0n) is 7.99. The van der Waals surface area contributed by atoms with Gasteiger partial charge in [-0.05, 0) is 31.6 Å². The number of rotatable bonds is 2. The third kappa shape index (κ3) is 2.61. The smallest absolute Gasteiger partial charge is 0.235 e. The van der Waals surface area contributed by atoms with E-state index in [2.05, 4.69) is 0 Å². The largest absolute Gasteiger partial charge is 0.374 e. The van der Waals surface area contributed by atoms with Crippen LogP contribution in [0.2, 0.25) is 0 Å². The molecule has 1 saturated carbocycles. The highest BCUT2D eigenvalue weighted by molar-refractivity contribution is 8.13. The van der Waals surface area contributed by atoms with Crippen LogP contribution in [0.15, 0.2) is 0 Å². The molecule has 0 aromatic carbocycles. The highest BCUT2D eigenvalue weighted by Crippen LogP contribution is 2.37. The van der Waals surface area contributed by atoms with Crippen molar-refractivity contribution < 1.29 is 13.2 Å². The predicted octanol–water partition coefficient (Wildman–Crippen LogP) is 1.90. The molecule has 3 nitrogen and oxygen atoms in total. The van der Waals surface area contributed by atoms with Gasteiger partial charge in [-0.1, -0.05) is 6.42 Å². The number of hydrogen-bond donors (Lipinski definition) is 0. The number of hydrogen-bond acceptors (Lipinski definition) is 3. The van der Waals surface area contributed by atoms with Crippen LogP contribution in [-0.2, 0) is 13.8 Å². The maximum Gasteiger partial charge on any atom is 0.235 e. The van der Waals surface area contributed by atoms with Crippen LogP contribution >= 0.6 is 10.7 Å². The summed E-state index contributed by atoms with van der Waals surface area (Å²) < 4.78 is 27.5. The summed E-state index contributed by atoms with van der Waals surface area (Å²) in [6.45, 7) is 0. The Morgan fingerprint density at radius 1 is 1.21 bits per heavy atom. The Balaban J connectivity index is 1.91. The van der Waals surface area contributed by atoms with Crippen LogP contribution in [0.5, 0.6) is 0 Å². The Morgan fingerprint density at radius 2 is 2.00 bits per heavy atom. The molecule has 1 heterocycles. The van der Waals surface area contributed by atoms with Gasteiger partial charge in [-0.2, -0.15) is 0 Å². The molecule has 1 aliphatic heterocycles. The molecule has 2 fully saturated rings. The molecule has 3 unspecified atom stereocenters. The second-order valence-electron chi connectivity index (χ2n) is 4.27. The minimum Gasteiger partial charge on any atom is -0.374 e. The third-order valence-corrected chi connectivity index (χ3v) is 4.35. The topological polar surface area (TPSA) is 43.4 Å². The molecule has 82 valence electrons. The van der Waals surface area contributed by atoms with Gasteiger partial charge in [-0.15, -0.1) is 0 Å². The Hall–Kier alpha value is 0.200. The highest BCUT2D eigenvalue weighted by atomic mass is 35.7. The molecule has 3 atom stereocenters. The van der Waals surface area contributed by atoms with Crippen LogP contribution in [0.4, 0.5) is 0 Å². The molecule has 0 aromatic heterocycles. The maximum absolute atomic E-state index is 10.9. The minimum atomic E-state index is -3.41. The van der Waals surface area contributed by atoms with Crippen LogP contribution in [0.3, 0.4) is 0 Å². The molecule has 0 N–H and O–H groups in total. The van der Waals surface area contributed by atoms with Gasteiger partial charge in [0.05, 0.1) is 18.0 Å². The van der Waals surface area contributed by atoms with E-state index in [9.17, 15) is 8.42 Å². The number of fused-ring (bicyclic) bond motifs is 1. The van der Waals surface area contributed by atoms with Crippen molar-refractivity contribution >= 4 is 19.7 Å². The lowest BCUT2D eigenvalue weighted by atomic mass is 9.94. The van der Waals surface area contributed by atoms with E-state index in [0.29, 0.717) is 12.0 Å². The van der Waals surface area contributed by atoms with E-state index in [4.69, 9.17) is 15.4 Å². The third-order valence-electron chi connectivity index (χ3n) is 3.20. The molecule has 2 aliphatic rings. The van der Waals surface area contributed by atoms with Crippen molar-refractivity contribution in [3.63, 3.8) is 0 Å². The first-order valence-corrected chi connectivity index (χ1v) is 7.60. The van der Waals surface area contributed by atoms with Crippen LogP contribution in [-0.4, -0.2) is 26.4 Å². The first kappa shape index (κ1) is 10.7. The highest BCUT2D eigenvalue weighted by Gasteiger charge is 2.35. The Kier molecular flexibility index (Phi) is 3.05. The van der Waals surface area contributed by atoms with Crippen molar-refractivity contribution in [2.45, 2.75) is 44.3 Å². The van der Waals surface area contributed by atoms with Crippen LogP contribution in [0, 0.1) is 5.92 Å². The van der Waals surface area contributed by atoms with Crippen molar-refractivity contribution in [2.75, 3.05) is 5.75 Å². The molecule has 0 spiro atoms.